The minimum Gasteiger partial charge on any atom is -0.432 e. The molecule has 3 rings (SSSR count). The fourth-order valence-electron chi connectivity index (χ4n) is 4.33. The van der Waals surface area contributed by atoms with E-state index in [0.717, 1.165) is 0 Å². The van der Waals surface area contributed by atoms with Gasteiger partial charge in [0.1, 0.15) is 18.3 Å². The molecule has 1 fully saturated rings. The molecule has 1 aliphatic heterocycles. The maximum atomic E-state index is 11.6. The lowest BCUT2D eigenvalue weighted by molar-refractivity contribution is -0.385. The summed E-state index contributed by atoms with van der Waals surface area (Å²) < 4.78 is 35.9. The molecule has 47 heavy (non-hydrogen) atoms. The summed E-state index contributed by atoms with van der Waals surface area (Å²) in [5.41, 5.74) is -0.158. The predicted octanol–water partition coefficient (Wildman–Crippen LogP) is 10.0. The largest absolute Gasteiger partial charge is 0.432 e. The van der Waals surface area contributed by atoms with Crippen LogP contribution in [0.15, 0.2) is 36.5 Å². The zero-order valence-corrected chi connectivity index (χ0v) is 34.9. The van der Waals surface area contributed by atoms with Crippen LogP contribution in [-0.4, -0.2) is 64.3 Å². The molecule has 0 saturated carbocycles. The Morgan fingerprint density at radius 2 is 1.36 bits per heavy atom. The standard InChI is InChI=1S/C33H57N3O7SSi3/c1-31(2,3)45(10,11)39-22-25-27(42-46(12,13)32(4,5)6)28(43-47(14,15)33(7,8)9)29(41-25)35-21-20-26(34-30(35)44)40-24-19-17-16-18-23(24)36(37)38/h16-21,25,27-29H,22H2,1-15H3/t25-,27-,28-,29-/m1/s1. The molecule has 1 aliphatic rings. The third-order valence-corrected chi connectivity index (χ3v) is 24.3. The second kappa shape index (κ2) is 13.8. The highest BCUT2D eigenvalue weighted by atomic mass is 32.1. The molecule has 0 bridgehead atoms. The summed E-state index contributed by atoms with van der Waals surface area (Å²) in [6.45, 7) is 33.8. The Bertz CT molecular complexity index is 1480. The van der Waals surface area contributed by atoms with Gasteiger partial charge in [0.05, 0.1) is 11.5 Å². The molecule has 2 aromatic rings. The van der Waals surface area contributed by atoms with Gasteiger partial charge in [-0.2, -0.15) is 4.98 Å². The van der Waals surface area contributed by atoms with Crippen molar-refractivity contribution in [1.29, 1.82) is 0 Å². The Morgan fingerprint density at radius 1 is 0.851 bits per heavy atom. The van der Waals surface area contributed by atoms with Gasteiger partial charge in [-0.05, 0) is 72.7 Å². The number of rotatable bonds is 11. The predicted molar refractivity (Wildman–Crippen MR) is 197 cm³/mol. The average Bonchev–Trinajstić information content (AvgIpc) is 3.21. The quantitative estimate of drug-likeness (QED) is 0.0969. The van der Waals surface area contributed by atoms with Crippen LogP contribution in [-0.2, 0) is 18.0 Å². The van der Waals surface area contributed by atoms with E-state index in [1.807, 2.05) is 0 Å². The second-order valence-electron chi connectivity index (χ2n) is 17.1. The Kier molecular flexibility index (Phi) is 11.7. The average molecular weight is 724 g/mol. The van der Waals surface area contributed by atoms with Gasteiger partial charge in [-0.25, -0.2) is 0 Å². The van der Waals surface area contributed by atoms with Gasteiger partial charge in [0, 0.05) is 18.3 Å². The van der Waals surface area contributed by atoms with Gasteiger partial charge >= 0.3 is 5.69 Å². The molecule has 4 atom stereocenters. The SMILES string of the molecule is CC(C)(C)[Si](C)(C)OC[C@H]1O[C@@H](n2ccc(Oc3ccccc3[N+](=O)[O-])nc2=S)[C@H](O[Si](C)(C)C(C)(C)C)[C@@H]1O[Si](C)(C)C(C)(C)C. The molecule has 0 amide bonds. The van der Waals surface area contributed by atoms with Crippen LogP contribution >= 0.6 is 12.2 Å². The number of aromatic nitrogens is 2. The Balaban J connectivity index is 2.12. The van der Waals surface area contributed by atoms with Crippen LogP contribution in [0.3, 0.4) is 0 Å². The van der Waals surface area contributed by atoms with E-state index in [1.54, 1.807) is 29.0 Å². The summed E-state index contributed by atoms with van der Waals surface area (Å²) in [6.07, 6.45) is -0.208. The fraction of sp³-hybridized carbons (Fsp3) is 0.697. The number of nitro benzene ring substituents is 1. The molecule has 0 radical (unpaired) electrons. The maximum Gasteiger partial charge on any atom is 0.311 e. The van der Waals surface area contributed by atoms with E-state index in [2.05, 4.69) is 107 Å². The van der Waals surface area contributed by atoms with Gasteiger partial charge in [0.2, 0.25) is 16.4 Å². The van der Waals surface area contributed by atoms with Crippen LogP contribution in [0.2, 0.25) is 54.4 Å². The fourth-order valence-corrected chi connectivity index (χ4v) is 8.20. The van der Waals surface area contributed by atoms with Crippen LogP contribution in [0.25, 0.3) is 0 Å². The first kappa shape index (κ1) is 39.6. The zero-order valence-electron chi connectivity index (χ0n) is 31.1. The highest BCUT2D eigenvalue weighted by molar-refractivity contribution is 7.71. The lowest BCUT2D eigenvalue weighted by Gasteiger charge is -2.44. The molecule has 0 spiro atoms. The lowest BCUT2D eigenvalue weighted by Crippen LogP contribution is -2.54. The molecular weight excluding hydrogens is 667 g/mol. The minimum absolute atomic E-state index is 0.0218. The summed E-state index contributed by atoms with van der Waals surface area (Å²) in [5, 5.41) is 11.5. The normalized spacial score (nSPS) is 21.6. The number of hydrogen-bond donors (Lipinski definition) is 0. The van der Waals surface area contributed by atoms with Gasteiger partial charge in [0.15, 0.2) is 31.2 Å². The van der Waals surface area contributed by atoms with Crippen molar-refractivity contribution in [2.24, 2.45) is 0 Å². The van der Waals surface area contributed by atoms with Crippen molar-refractivity contribution < 1.29 is 27.7 Å². The summed E-state index contributed by atoms with van der Waals surface area (Å²) >= 11 is 5.82. The zero-order chi connectivity index (χ0) is 36.0. The van der Waals surface area contributed by atoms with Crippen molar-refractivity contribution >= 4 is 42.9 Å². The monoisotopic (exact) mass is 723 g/mol. The van der Waals surface area contributed by atoms with E-state index < -0.39 is 54.4 Å². The molecule has 2 heterocycles. The molecular formula is C33H57N3O7SSi3. The van der Waals surface area contributed by atoms with Crippen molar-refractivity contribution in [3.63, 3.8) is 0 Å². The molecule has 264 valence electrons. The van der Waals surface area contributed by atoms with Crippen molar-refractivity contribution in [2.45, 2.75) is 141 Å². The molecule has 0 unspecified atom stereocenters. The Hall–Kier alpha value is -1.79. The highest BCUT2D eigenvalue weighted by Crippen LogP contribution is 2.46. The highest BCUT2D eigenvalue weighted by Gasteiger charge is 2.55. The summed E-state index contributed by atoms with van der Waals surface area (Å²) in [4.78, 5) is 15.6. The van der Waals surface area contributed by atoms with Crippen LogP contribution < -0.4 is 4.74 Å². The van der Waals surface area contributed by atoms with E-state index in [9.17, 15) is 10.1 Å². The summed E-state index contributed by atoms with van der Waals surface area (Å²) in [6, 6.07) is 7.81. The van der Waals surface area contributed by atoms with E-state index in [4.69, 9.17) is 35.0 Å². The van der Waals surface area contributed by atoms with Gasteiger partial charge in [-0.15, -0.1) is 0 Å². The maximum absolute atomic E-state index is 11.6. The van der Waals surface area contributed by atoms with Gasteiger partial charge in [0.25, 0.3) is 0 Å². The van der Waals surface area contributed by atoms with Gasteiger partial charge in [-0.1, -0.05) is 74.4 Å². The number of hydrogen-bond acceptors (Lipinski definition) is 9. The number of benzene rings is 1. The first-order valence-electron chi connectivity index (χ1n) is 16.3. The number of nitro groups is 1. The van der Waals surface area contributed by atoms with Crippen LogP contribution in [0.5, 0.6) is 11.6 Å². The van der Waals surface area contributed by atoms with Crippen molar-refractivity contribution in [3.8, 4) is 11.6 Å². The van der Waals surface area contributed by atoms with E-state index in [1.165, 1.54) is 12.1 Å². The van der Waals surface area contributed by atoms with Gasteiger partial charge < -0.3 is 22.8 Å². The van der Waals surface area contributed by atoms with Crippen molar-refractivity contribution in [2.75, 3.05) is 6.61 Å². The third kappa shape index (κ3) is 9.07. The summed E-state index contributed by atoms with van der Waals surface area (Å²) in [7, 11) is -6.79. The van der Waals surface area contributed by atoms with E-state index in [-0.39, 0.29) is 37.2 Å². The van der Waals surface area contributed by atoms with Crippen LogP contribution in [0, 0.1) is 14.9 Å². The minimum atomic E-state index is -2.36. The van der Waals surface area contributed by atoms with Crippen molar-refractivity contribution in [1.82, 2.24) is 9.55 Å². The smallest absolute Gasteiger partial charge is 0.311 e. The third-order valence-electron chi connectivity index (χ3n) is 10.5. The van der Waals surface area contributed by atoms with Crippen LogP contribution in [0.1, 0.15) is 68.5 Å². The Morgan fingerprint density at radius 3 is 1.85 bits per heavy atom. The lowest BCUT2D eigenvalue weighted by atomic mass is 10.1. The topological polar surface area (TPSA) is 107 Å². The first-order chi connectivity index (χ1) is 21.2. The van der Waals surface area contributed by atoms with E-state index in [0.29, 0.717) is 6.61 Å². The molecule has 14 heteroatoms. The Labute approximate surface area is 290 Å². The van der Waals surface area contributed by atoms with Crippen molar-refractivity contribution in [3.05, 3.63) is 51.4 Å². The number of ether oxygens (including phenoxy) is 2. The number of para-hydroxylation sites is 2. The van der Waals surface area contributed by atoms with Gasteiger partial charge in [-0.3, -0.25) is 14.7 Å². The molecule has 0 N–H and O–H groups in total. The molecule has 10 nitrogen and oxygen atoms in total. The number of nitrogens with zero attached hydrogens (tertiary/aromatic N) is 3. The second-order valence-corrected chi connectivity index (χ2v) is 31.8. The van der Waals surface area contributed by atoms with E-state index >= 15 is 0 Å². The molecule has 1 saturated heterocycles. The molecule has 1 aromatic carbocycles. The first-order valence-corrected chi connectivity index (χ1v) is 25.5. The molecule has 0 aliphatic carbocycles. The van der Waals surface area contributed by atoms with Crippen LogP contribution in [0.4, 0.5) is 5.69 Å². The summed E-state index contributed by atoms with van der Waals surface area (Å²) in [5.74, 6) is 0.228. The molecule has 1 aromatic heterocycles.